The summed E-state index contributed by atoms with van der Waals surface area (Å²) < 4.78 is 6.04. The normalized spacial score (nSPS) is 17.9. The van der Waals surface area contributed by atoms with Gasteiger partial charge in [0.2, 0.25) is 0 Å². The highest BCUT2D eigenvalue weighted by Gasteiger charge is 2.44. The maximum Gasteiger partial charge on any atom is 0.139 e. The predicted molar refractivity (Wildman–Crippen MR) is 80.3 cm³/mol. The monoisotopic (exact) mass is 276 g/mol. The second-order valence-electron chi connectivity index (χ2n) is 6.80. The number of para-hydroxylation sites is 1. The molecular formula is C16H24N2O2. The summed E-state index contributed by atoms with van der Waals surface area (Å²) >= 11 is 0. The second kappa shape index (κ2) is 5.35. The van der Waals surface area contributed by atoms with Crippen LogP contribution in [-0.4, -0.2) is 17.6 Å². The molecule has 1 aromatic carbocycles. The molecule has 2 rings (SSSR count). The van der Waals surface area contributed by atoms with E-state index in [0.29, 0.717) is 13.0 Å². The fraction of sp³-hybridized carbons (Fsp3) is 0.562. The first-order chi connectivity index (χ1) is 9.36. The van der Waals surface area contributed by atoms with Crippen LogP contribution in [0.5, 0.6) is 5.75 Å². The van der Waals surface area contributed by atoms with E-state index in [1.807, 2.05) is 18.2 Å². The molecular weight excluding hydrogens is 252 g/mol. The number of nitrogens with zero attached hydrogens (tertiary/aromatic N) is 1. The van der Waals surface area contributed by atoms with E-state index >= 15 is 0 Å². The van der Waals surface area contributed by atoms with Gasteiger partial charge in [-0.05, 0) is 29.9 Å². The molecule has 3 N–H and O–H groups in total. The third-order valence-electron chi connectivity index (χ3n) is 3.87. The van der Waals surface area contributed by atoms with E-state index in [1.165, 1.54) is 5.56 Å². The molecule has 4 nitrogen and oxygen atoms in total. The van der Waals surface area contributed by atoms with Gasteiger partial charge in [0.25, 0.3) is 0 Å². The number of amidine groups is 1. The topological polar surface area (TPSA) is 67.8 Å². The van der Waals surface area contributed by atoms with Crippen molar-refractivity contribution in [2.75, 3.05) is 6.61 Å². The van der Waals surface area contributed by atoms with Crippen LogP contribution in [0.15, 0.2) is 29.4 Å². The molecule has 0 radical (unpaired) electrons. The maximum atomic E-state index is 8.68. The number of oxime groups is 1. The Labute approximate surface area is 120 Å². The van der Waals surface area contributed by atoms with Gasteiger partial charge in [-0.2, -0.15) is 0 Å². The van der Waals surface area contributed by atoms with Gasteiger partial charge < -0.3 is 15.7 Å². The van der Waals surface area contributed by atoms with Crippen LogP contribution >= 0.6 is 0 Å². The second-order valence-corrected chi connectivity index (χ2v) is 6.80. The van der Waals surface area contributed by atoms with E-state index < -0.39 is 0 Å². The average molecular weight is 276 g/mol. The van der Waals surface area contributed by atoms with Crippen LogP contribution in [0, 0.1) is 5.41 Å². The fourth-order valence-corrected chi connectivity index (χ4v) is 2.41. The van der Waals surface area contributed by atoms with Crippen LogP contribution in [0.2, 0.25) is 0 Å². The van der Waals surface area contributed by atoms with Gasteiger partial charge >= 0.3 is 0 Å². The van der Waals surface area contributed by atoms with Gasteiger partial charge in [-0.25, -0.2) is 0 Å². The molecule has 0 saturated heterocycles. The van der Waals surface area contributed by atoms with Gasteiger partial charge in [0.15, 0.2) is 0 Å². The lowest BCUT2D eigenvalue weighted by Gasteiger charge is -2.24. The van der Waals surface area contributed by atoms with Crippen molar-refractivity contribution in [1.29, 1.82) is 0 Å². The molecule has 0 heterocycles. The Morgan fingerprint density at radius 3 is 2.55 bits per heavy atom. The SMILES string of the molecule is CC(C)(C)c1ccccc1OCC1(CC(N)=NO)CC1. The lowest BCUT2D eigenvalue weighted by molar-refractivity contribution is 0.231. The van der Waals surface area contributed by atoms with Crippen molar-refractivity contribution < 1.29 is 9.94 Å². The van der Waals surface area contributed by atoms with Crippen molar-refractivity contribution in [3.8, 4) is 5.75 Å². The van der Waals surface area contributed by atoms with E-state index in [0.717, 1.165) is 18.6 Å². The van der Waals surface area contributed by atoms with E-state index in [2.05, 4.69) is 32.0 Å². The Hall–Kier alpha value is -1.71. The van der Waals surface area contributed by atoms with E-state index in [9.17, 15) is 0 Å². The van der Waals surface area contributed by atoms with Crippen molar-refractivity contribution in [2.24, 2.45) is 16.3 Å². The van der Waals surface area contributed by atoms with Gasteiger partial charge in [-0.1, -0.05) is 44.1 Å². The van der Waals surface area contributed by atoms with Crippen LogP contribution in [0.4, 0.5) is 0 Å². The summed E-state index contributed by atoms with van der Waals surface area (Å²) in [6.07, 6.45) is 2.74. The Morgan fingerprint density at radius 1 is 1.35 bits per heavy atom. The Bertz CT molecular complexity index is 499. The number of nitrogens with two attached hydrogens (primary N) is 1. The molecule has 1 saturated carbocycles. The minimum absolute atomic E-state index is 0.0545. The van der Waals surface area contributed by atoms with Crippen LogP contribution in [0.1, 0.15) is 45.6 Å². The molecule has 4 heteroatoms. The van der Waals surface area contributed by atoms with E-state index in [4.69, 9.17) is 15.7 Å². The predicted octanol–water partition coefficient (Wildman–Crippen LogP) is 3.28. The van der Waals surface area contributed by atoms with Gasteiger partial charge in [0.05, 0.1) is 6.61 Å². The quantitative estimate of drug-likeness (QED) is 0.375. The molecule has 0 aromatic heterocycles. The molecule has 0 atom stereocenters. The lowest BCUT2D eigenvalue weighted by atomic mass is 9.86. The van der Waals surface area contributed by atoms with E-state index in [-0.39, 0.29) is 16.7 Å². The summed E-state index contributed by atoms with van der Waals surface area (Å²) in [7, 11) is 0. The zero-order valence-corrected chi connectivity index (χ0v) is 12.5. The Balaban J connectivity index is 2.05. The molecule has 0 aliphatic heterocycles. The standard InChI is InChI=1S/C16H24N2O2/c1-15(2,3)12-6-4-5-7-13(12)20-11-16(8-9-16)10-14(17)18-19/h4-7,19H,8-11H2,1-3H3,(H2,17,18). The third-order valence-corrected chi connectivity index (χ3v) is 3.87. The Kier molecular flexibility index (Phi) is 3.93. The molecule has 1 fully saturated rings. The molecule has 0 unspecified atom stereocenters. The highest BCUT2D eigenvalue weighted by molar-refractivity contribution is 5.80. The average Bonchev–Trinajstić information content (AvgIpc) is 3.16. The minimum Gasteiger partial charge on any atom is -0.493 e. The fourth-order valence-electron chi connectivity index (χ4n) is 2.41. The zero-order valence-electron chi connectivity index (χ0n) is 12.5. The summed E-state index contributed by atoms with van der Waals surface area (Å²) in [6.45, 7) is 7.16. The first-order valence-corrected chi connectivity index (χ1v) is 7.05. The Morgan fingerprint density at radius 2 is 2.00 bits per heavy atom. The molecule has 20 heavy (non-hydrogen) atoms. The van der Waals surface area contributed by atoms with Gasteiger partial charge in [-0.3, -0.25) is 0 Å². The highest BCUT2D eigenvalue weighted by Crippen LogP contribution is 2.49. The summed E-state index contributed by atoms with van der Waals surface area (Å²) in [6, 6.07) is 8.16. The molecule has 1 aliphatic rings. The van der Waals surface area contributed by atoms with Crippen molar-refractivity contribution >= 4 is 5.84 Å². The summed E-state index contributed by atoms with van der Waals surface area (Å²) in [5.41, 5.74) is 6.93. The molecule has 0 amide bonds. The molecule has 0 spiro atoms. The molecule has 1 aliphatic carbocycles. The van der Waals surface area contributed by atoms with Gasteiger partial charge in [-0.15, -0.1) is 0 Å². The maximum absolute atomic E-state index is 8.68. The first kappa shape index (κ1) is 14.7. The third kappa shape index (κ3) is 3.44. The van der Waals surface area contributed by atoms with Crippen molar-refractivity contribution in [3.05, 3.63) is 29.8 Å². The minimum atomic E-state index is 0.0545. The van der Waals surface area contributed by atoms with Crippen LogP contribution in [0.25, 0.3) is 0 Å². The van der Waals surface area contributed by atoms with Crippen LogP contribution < -0.4 is 10.5 Å². The zero-order chi connectivity index (χ0) is 14.8. The molecule has 110 valence electrons. The number of benzene rings is 1. The molecule has 0 bridgehead atoms. The van der Waals surface area contributed by atoms with Gasteiger partial charge in [0.1, 0.15) is 11.6 Å². The lowest BCUT2D eigenvalue weighted by Crippen LogP contribution is -2.23. The largest absolute Gasteiger partial charge is 0.493 e. The summed E-state index contributed by atoms with van der Waals surface area (Å²) in [4.78, 5) is 0. The van der Waals surface area contributed by atoms with Crippen LogP contribution in [0.3, 0.4) is 0 Å². The number of rotatable bonds is 5. The smallest absolute Gasteiger partial charge is 0.139 e. The highest BCUT2D eigenvalue weighted by atomic mass is 16.5. The number of ether oxygens (including phenoxy) is 1. The first-order valence-electron chi connectivity index (χ1n) is 7.05. The number of hydrogen-bond acceptors (Lipinski definition) is 3. The van der Waals surface area contributed by atoms with E-state index in [1.54, 1.807) is 0 Å². The van der Waals surface area contributed by atoms with Crippen molar-refractivity contribution in [3.63, 3.8) is 0 Å². The number of hydrogen-bond donors (Lipinski definition) is 2. The van der Waals surface area contributed by atoms with Crippen molar-refractivity contribution in [1.82, 2.24) is 0 Å². The molecule has 1 aromatic rings. The van der Waals surface area contributed by atoms with Crippen molar-refractivity contribution in [2.45, 2.75) is 45.4 Å². The van der Waals surface area contributed by atoms with Crippen LogP contribution in [-0.2, 0) is 5.41 Å². The summed E-state index contributed by atoms with van der Waals surface area (Å²) in [5.74, 6) is 1.22. The summed E-state index contributed by atoms with van der Waals surface area (Å²) in [5, 5.41) is 11.7. The van der Waals surface area contributed by atoms with Gasteiger partial charge in [0, 0.05) is 11.8 Å².